The van der Waals surface area contributed by atoms with Crippen molar-refractivity contribution in [3.05, 3.63) is 85.1 Å². The Morgan fingerprint density at radius 3 is 1.07 bits per heavy atom. The van der Waals surface area contributed by atoms with Gasteiger partial charge in [-0.15, -0.1) is 0 Å². The molecule has 0 spiro atoms. The van der Waals surface area contributed by atoms with Gasteiger partial charge < -0.3 is 19.4 Å². The molecule has 10 heteroatoms. The molecule has 0 aliphatic heterocycles. The molecule has 3 unspecified atom stereocenters. The Balaban J connectivity index is 4.99. The number of likely N-dealkylation sites (N-methyl/N-ethyl adjacent to an activating group) is 1. The monoisotopic (exact) mass is 1280 g/mol. The second-order valence-electron chi connectivity index (χ2n) is 27.2. The molecule has 2 N–H and O–H groups in total. The summed E-state index contributed by atoms with van der Waals surface area (Å²) >= 11 is 0. The molecule has 0 rings (SSSR count). The lowest BCUT2D eigenvalue weighted by Crippen LogP contribution is -2.47. The van der Waals surface area contributed by atoms with Crippen LogP contribution in [-0.2, 0) is 27.9 Å². The smallest absolute Gasteiger partial charge is 0.456 e. The van der Waals surface area contributed by atoms with Gasteiger partial charge in [0.05, 0.1) is 33.8 Å². The van der Waals surface area contributed by atoms with Crippen LogP contribution in [0.25, 0.3) is 0 Å². The minimum atomic E-state index is -4.46. The summed E-state index contributed by atoms with van der Waals surface area (Å²) in [7, 11) is 1.49. The molecule has 0 aromatic carbocycles. The minimum absolute atomic E-state index is 0.0354. The molecule has 0 aromatic heterocycles. The van der Waals surface area contributed by atoms with Gasteiger partial charge in [0, 0.05) is 12.8 Å². The zero-order valence-corrected chi connectivity index (χ0v) is 61.0. The number of esters is 1. The van der Waals surface area contributed by atoms with Gasteiger partial charge in [0.2, 0.25) is 5.91 Å². The predicted octanol–water partition coefficient (Wildman–Crippen LogP) is 24.9. The first-order valence-corrected chi connectivity index (χ1v) is 39.9. The highest BCUT2D eigenvalue weighted by Gasteiger charge is 2.30. The normalized spacial score (nSPS) is 13.9. The molecule has 0 heterocycles. The van der Waals surface area contributed by atoms with Gasteiger partial charge in [0.1, 0.15) is 19.3 Å². The van der Waals surface area contributed by atoms with Crippen LogP contribution in [0.15, 0.2) is 85.1 Å². The Hall–Kier alpha value is -2.81. The summed E-state index contributed by atoms with van der Waals surface area (Å²) in [6, 6.07) is -0.860. The third-order valence-corrected chi connectivity index (χ3v) is 18.1. The number of carbonyl (C=O) groups excluding carboxylic acids is 2. The van der Waals surface area contributed by atoms with Gasteiger partial charge >= 0.3 is 13.8 Å². The Bertz CT molecular complexity index is 1810. The standard InChI is InChI=1S/C80H147N2O7P/c1-7-10-13-16-19-22-25-28-30-32-34-36-38-40-41-43-45-47-49-51-53-55-58-61-64-67-70-73-80(84)89-78(71-68-65-62-59-56-27-24-21-18-15-12-9-3)77(76-88-90(85,86)87-75-74-82(4,5)6)81-79(83)72-69-66-63-60-57-54-52-50-48-46-44-42-39-37-35-33-31-29-26-23-20-17-14-11-8-2/h11,14,20,23,29,31,35,37,42,44,48,50,68,71,77-78H,7-10,12-13,15-19,21-22,24-28,30,32-34,36,38-41,43,45-47,49,51-67,69-70,72-76H2,1-6H3,(H-,81,83,85,86)/p+1/b14-11-,23-20-,31-29-,37-35-,44-42-,50-48-,71-68+. The lowest BCUT2D eigenvalue weighted by atomic mass is 10.0. The number of carbonyl (C=O) groups is 2. The molecule has 3 atom stereocenters. The number of nitrogens with zero attached hydrogens (tertiary/aromatic N) is 1. The predicted molar refractivity (Wildman–Crippen MR) is 392 cm³/mol. The summed E-state index contributed by atoms with van der Waals surface area (Å²) in [5.74, 6) is -0.510. The molecule has 0 aromatic rings. The maximum Gasteiger partial charge on any atom is 0.472 e. The van der Waals surface area contributed by atoms with Gasteiger partial charge in [0.25, 0.3) is 0 Å². The minimum Gasteiger partial charge on any atom is -0.456 e. The van der Waals surface area contributed by atoms with Crippen molar-refractivity contribution in [3.8, 4) is 0 Å². The Kier molecular flexibility index (Phi) is 66.9. The third kappa shape index (κ3) is 69.5. The van der Waals surface area contributed by atoms with E-state index in [9.17, 15) is 19.0 Å². The second kappa shape index (κ2) is 69.0. The number of ether oxygens (including phenoxy) is 1. The number of rotatable bonds is 70. The summed E-state index contributed by atoms with van der Waals surface area (Å²) in [6.07, 6.45) is 93.3. The fourth-order valence-electron chi connectivity index (χ4n) is 11.2. The SMILES string of the molecule is CC/C=C\C/C=C\C/C=C\C/C=C\C/C=C\C/C=C\CCCCCCCCC(=O)NC(COP(=O)(O)OCC[N+](C)(C)C)C(/C=C/CCCCCCCCCCCC)OC(=O)CCCCCCCCCCCCCCCCCCCCCCCCCCCCC. The molecule has 0 fully saturated rings. The molecular weight excluding hydrogens is 1130 g/mol. The number of phosphoric ester groups is 1. The fourth-order valence-corrected chi connectivity index (χ4v) is 12.0. The van der Waals surface area contributed by atoms with E-state index in [0.717, 1.165) is 122 Å². The van der Waals surface area contributed by atoms with Crippen LogP contribution in [0.1, 0.15) is 361 Å². The Morgan fingerprint density at radius 1 is 0.400 bits per heavy atom. The van der Waals surface area contributed by atoms with Gasteiger partial charge in [-0.2, -0.15) is 0 Å². The van der Waals surface area contributed by atoms with E-state index in [4.69, 9.17) is 13.8 Å². The lowest BCUT2D eigenvalue weighted by molar-refractivity contribution is -0.870. The number of hydrogen-bond donors (Lipinski definition) is 2. The summed E-state index contributed by atoms with van der Waals surface area (Å²) in [4.78, 5) is 38.0. The van der Waals surface area contributed by atoms with Crippen LogP contribution in [0, 0.1) is 0 Å². The van der Waals surface area contributed by atoms with Crippen LogP contribution in [0.3, 0.4) is 0 Å². The second-order valence-corrected chi connectivity index (χ2v) is 28.6. The highest BCUT2D eigenvalue weighted by Crippen LogP contribution is 2.43. The number of quaternary nitrogens is 1. The average molecular weight is 1280 g/mol. The third-order valence-electron chi connectivity index (χ3n) is 17.1. The quantitative estimate of drug-likeness (QED) is 0.0205. The van der Waals surface area contributed by atoms with Crippen molar-refractivity contribution in [3.63, 3.8) is 0 Å². The molecule has 0 saturated carbocycles. The highest BCUT2D eigenvalue weighted by molar-refractivity contribution is 7.47. The number of phosphoric acid groups is 1. The molecule has 0 bridgehead atoms. The number of allylic oxidation sites excluding steroid dienone is 13. The summed E-state index contributed by atoms with van der Waals surface area (Å²) in [6.45, 7) is 6.93. The first kappa shape index (κ1) is 87.2. The van der Waals surface area contributed by atoms with Crippen LogP contribution >= 0.6 is 7.82 Å². The largest absolute Gasteiger partial charge is 0.472 e. The van der Waals surface area contributed by atoms with Crippen molar-refractivity contribution in [2.45, 2.75) is 373 Å². The van der Waals surface area contributed by atoms with Crippen LogP contribution in [0.2, 0.25) is 0 Å². The van der Waals surface area contributed by atoms with E-state index in [2.05, 4.69) is 99.0 Å². The molecule has 0 aliphatic rings. The van der Waals surface area contributed by atoms with E-state index in [1.807, 2.05) is 33.3 Å². The topological polar surface area (TPSA) is 111 Å². The van der Waals surface area contributed by atoms with E-state index in [-0.39, 0.29) is 31.5 Å². The van der Waals surface area contributed by atoms with E-state index >= 15 is 0 Å². The first-order chi connectivity index (χ1) is 43.9. The van der Waals surface area contributed by atoms with E-state index in [1.54, 1.807) is 0 Å². The van der Waals surface area contributed by atoms with Crippen molar-refractivity contribution in [1.82, 2.24) is 5.32 Å². The van der Waals surface area contributed by atoms with Crippen molar-refractivity contribution < 1.29 is 37.3 Å². The van der Waals surface area contributed by atoms with Crippen LogP contribution in [0.5, 0.6) is 0 Å². The van der Waals surface area contributed by atoms with E-state index in [0.29, 0.717) is 17.4 Å². The summed E-state index contributed by atoms with van der Waals surface area (Å²) in [5, 5.41) is 3.07. The van der Waals surface area contributed by atoms with Gasteiger partial charge in [-0.1, -0.05) is 350 Å². The molecule has 524 valence electrons. The zero-order valence-electron chi connectivity index (χ0n) is 60.1. The van der Waals surface area contributed by atoms with Crippen LogP contribution in [0.4, 0.5) is 0 Å². The van der Waals surface area contributed by atoms with Gasteiger partial charge in [-0.3, -0.25) is 18.6 Å². The number of hydrogen-bond acceptors (Lipinski definition) is 6. The zero-order chi connectivity index (χ0) is 65.6. The van der Waals surface area contributed by atoms with Crippen LogP contribution < -0.4 is 5.32 Å². The molecule has 1 amide bonds. The van der Waals surface area contributed by atoms with E-state index < -0.39 is 20.0 Å². The van der Waals surface area contributed by atoms with Crippen LogP contribution in [-0.4, -0.2) is 74.3 Å². The average Bonchev–Trinajstić information content (AvgIpc) is 3.11. The number of unbranched alkanes of at least 4 members (excludes halogenated alkanes) is 42. The number of nitrogens with one attached hydrogen (secondary N) is 1. The molecule has 0 radical (unpaired) electrons. The summed E-state index contributed by atoms with van der Waals surface area (Å²) < 4.78 is 30.9. The molecule has 90 heavy (non-hydrogen) atoms. The van der Waals surface area contributed by atoms with Crippen molar-refractivity contribution in [2.75, 3.05) is 40.9 Å². The van der Waals surface area contributed by atoms with Gasteiger partial charge in [0.15, 0.2) is 0 Å². The number of amides is 1. The molecule has 0 aliphatic carbocycles. The molecule has 9 nitrogen and oxygen atoms in total. The Morgan fingerprint density at radius 2 is 0.711 bits per heavy atom. The van der Waals surface area contributed by atoms with Crippen molar-refractivity contribution >= 4 is 19.7 Å². The van der Waals surface area contributed by atoms with Gasteiger partial charge in [-0.25, -0.2) is 4.57 Å². The van der Waals surface area contributed by atoms with Crippen molar-refractivity contribution in [2.24, 2.45) is 0 Å². The Labute approximate surface area is 558 Å². The highest BCUT2D eigenvalue weighted by atomic mass is 31.2. The molecular formula is C80H148N2O7P+. The molecule has 0 saturated heterocycles. The fraction of sp³-hybridized carbons (Fsp3) is 0.800. The van der Waals surface area contributed by atoms with Gasteiger partial charge in [-0.05, 0) is 83.1 Å². The summed E-state index contributed by atoms with van der Waals surface area (Å²) in [5.41, 5.74) is 0. The maximum absolute atomic E-state index is 13.6. The maximum atomic E-state index is 13.6. The first-order valence-electron chi connectivity index (χ1n) is 38.4. The van der Waals surface area contributed by atoms with Crippen molar-refractivity contribution in [1.29, 1.82) is 0 Å². The lowest BCUT2D eigenvalue weighted by Gasteiger charge is -2.27. The van der Waals surface area contributed by atoms with E-state index in [1.165, 1.54) is 205 Å².